The third kappa shape index (κ3) is 3.69. The van der Waals surface area contributed by atoms with Crippen LogP contribution in [0.4, 0.5) is 0 Å². The molecule has 1 amide bonds. The number of carbonyl (C=O) groups excluding carboxylic acids is 1. The van der Waals surface area contributed by atoms with Gasteiger partial charge in [-0.2, -0.15) is 0 Å². The minimum Gasteiger partial charge on any atom is -0.481 e. The van der Waals surface area contributed by atoms with E-state index in [0.29, 0.717) is 11.3 Å². The highest BCUT2D eigenvalue weighted by atomic mass is 16.4. The first-order valence-corrected chi connectivity index (χ1v) is 6.47. The highest BCUT2D eigenvalue weighted by Crippen LogP contribution is 2.10. The van der Waals surface area contributed by atoms with E-state index in [0.717, 1.165) is 0 Å². The lowest BCUT2D eigenvalue weighted by Crippen LogP contribution is -2.41. The van der Waals surface area contributed by atoms with E-state index in [-0.39, 0.29) is 24.6 Å². The van der Waals surface area contributed by atoms with Gasteiger partial charge in [0.05, 0.1) is 6.42 Å². The molecule has 0 bridgehead atoms. The van der Waals surface area contributed by atoms with Crippen LogP contribution in [0.5, 0.6) is 0 Å². The predicted molar refractivity (Wildman–Crippen MR) is 75.0 cm³/mol. The molecule has 6 heteroatoms. The van der Waals surface area contributed by atoms with Crippen LogP contribution in [-0.2, 0) is 4.79 Å². The van der Waals surface area contributed by atoms with E-state index in [2.05, 4.69) is 4.98 Å². The topological polar surface area (TPSA) is 90.5 Å². The van der Waals surface area contributed by atoms with Crippen LogP contribution in [0.1, 0.15) is 41.9 Å². The summed E-state index contributed by atoms with van der Waals surface area (Å²) in [5.74, 6) is -1.40. The number of amides is 1. The number of carbonyl (C=O) groups is 2. The Hall–Kier alpha value is -2.11. The van der Waals surface area contributed by atoms with Gasteiger partial charge >= 0.3 is 5.97 Å². The molecule has 1 rings (SSSR count). The fourth-order valence-corrected chi connectivity index (χ4v) is 2.07. The van der Waals surface area contributed by atoms with Gasteiger partial charge in [-0.1, -0.05) is 0 Å². The van der Waals surface area contributed by atoms with E-state index >= 15 is 0 Å². The molecule has 0 saturated carbocycles. The lowest BCUT2D eigenvalue weighted by Gasteiger charge is -2.26. The van der Waals surface area contributed by atoms with Crippen molar-refractivity contribution in [2.45, 2.75) is 40.2 Å². The molecule has 0 spiro atoms. The van der Waals surface area contributed by atoms with Crippen LogP contribution < -0.4 is 5.56 Å². The number of pyridine rings is 1. The maximum Gasteiger partial charge on any atom is 0.305 e. The number of carboxylic acids is 1. The minimum atomic E-state index is -0.974. The second-order valence-corrected chi connectivity index (χ2v) is 5.08. The molecule has 1 aromatic rings. The summed E-state index contributed by atoms with van der Waals surface area (Å²) < 4.78 is 0. The molecule has 0 atom stereocenters. The molecule has 0 aliphatic carbocycles. The number of rotatable bonds is 5. The molecule has 0 fully saturated rings. The summed E-state index contributed by atoms with van der Waals surface area (Å²) in [4.78, 5) is 39.1. The predicted octanol–water partition coefficient (Wildman–Crippen LogP) is 1.32. The summed E-state index contributed by atoms with van der Waals surface area (Å²) >= 11 is 0. The Kier molecular flexibility index (Phi) is 5.07. The maximum atomic E-state index is 12.5. The number of aromatic amines is 1. The van der Waals surface area contributed by atoms with Gasteiger partial charge in [-0.25, -0.2) is 0 Å². The van der Waals surface area contributed by atoms with Crippen LogP contribution in [0.25, 0.3) is 0 Å². The summed E-state index contributed by atoms with van der Waals surface area (Å²) in [6.45, 7) is 7.10. The van der Waals surface area contributed by atoms with Gasteiger partial charge in [-0.15, -0.1) is 0 Å². The number of carboxylic acid groups (broad SMARTS) is 1. The monoisotopic (exact) mass is 280 g/mol. The molecule has 0 unspecified atom stereocenters. The van der Waals surface area contributed by atoms with Crippen molar-refractivity contribution in [1.29, 1.82) is 0 Å². The zero-order valence-electron chi connectivity index (χ0n) is 12.2. The first kappa shape index (κ1) is 15.9. The number of nitrogens with zero attached hydrogens (tertiary/aromatic N) is 1. The van der Waals surface area contributed by atoms with Gasteiger partial charge in [0.15, 0.2) is 0 Å². The fourth-order valence-electron chi connectivity index (χ4n) is 2.07. The Labute approximate surface area is 117 Å². The second-order valence-electron chi connectivity index (χ2n) is 5.08. The smallest absolute Gasteiger partial charge is 0.305 e. The number of aromatic nitrogens is 1. The van der Waals surface area contributed by atoms with E-state index in [1.807, 2.05) is 0 Å². The number of nitrogens with one attached hydrogen (secondary N) is 1. The molecule has 0 aliphatic rings. The number of H-pyrrole nitrogens is 1. The number of aliphatic carboxylic acids is 1. The Morgan fingerprint density at radius 1 is 1.35 bits per heavy atom. The summed E-state index contributed by atoms with van der Waals surface area (Å²) in [5, 5.41) is 8.74. The molecule has 1 heterocycles. The van der Waals surface area contributed by atoms with Crippen molar-refractivity contribution < 1.29 is 14.7 Å². The Bertz CT molecular complexity index is 575. The molecule has 20 heavy (non-hydrogen) atoms. The lowest BCUT2D eigenvalue weighted by atomic mass is 10.1. The summed E-state index contributed by atoms with van der Waals surface area (Å²) in [6, 6.07) is 1.55. The number of hydrogen-bond donors (Lipinski definition) is 2. The van der Waals surface area contributed by atoms with Crippen molar-refractivity contribution in [2.75, 3.05) is 6.54 Å². The van der Waals surface area contributed by atoms with Gasteiger partial charge in [0.25, 0.3) is 11.5 Å². The molecule has 0 radical (unpaired) electrons. The average molecular weight is 280 g/mol. The highest BCUT2D eigenvalue weighted by molar-refractivity contribution is 5.95. The third-order valence-corrected chi connectivity index (χ3v) is 3.03. The van der Waals surface area contributed by atoms with E-state index in [9.17, 15) is 14.4 Å². The van der Waals surface area contributed by atoms with E-state index < -0.39 is 17.4 Å². The summed E-state index contributed by atoms with van der Waals surface area (Å²) in [7, 11) is 0. The molecule has 6 nitrogen and oxygen atoms in total. The van der Waals surface area contributed by atoms with Crippen LogP contribution in [0.3, 0.4) is 0 Å². The van der Waals surface area contributed by atoms with Gasteiger partial charge in [0.2, 0.25) is 0 Å². The number of hydrogen-bond acceptors (Lipinski definition) is 3. The molecular formula is C14H20N2O4. The van der Waals surface area contributed by atoms with Crippen molar-refractivity contribution in [1.82, 2.24) is 9.88 Å². The minimum absolute atomic E-state index is 0.0784. The summed E-state index contributed by atoms with van der Waals surface area (Å²) in [5.41, 5.74) is 0.922. The Morgan fingerprint density at radius 2 is 1.95 bits per heavy atom. The molecule has 0 saturated heterocycles. The van der Waals surface area contributed by atoms with Crippen molar-refractivity contribution in [3.8, 4) is 0 Å². The molecular weight excluding hydrogens is 260 g/mol. The maximum absolute atomic E-state index is 12.5. The molecule has 110 valence electrons. The van der Waals surface area contributed by atoms with Gasteiger partial charge < -0.3 is 15.0 Å². The van der Waals surface area contributed by atoms with Gasteiger partial charge in [-0.05, 0) is 39.3 Å². The van der Waals surface area contributed by atoms with E-state index in [1.54, 1.807) is 33.8 Å². The quantitative estimate of drug-likeness (QED) is 0.851. The zero-order chi connectivity index (χ0) is 15.4. The lowest BCUT2D eigenvalue weighted by molar-refractivity contribution is -0.137. The largest absolute Gasteiger partial charge is 0.481 e. The third-order valence-electron chi connectivity index (χ3n) is 3.03. The van der Waals surface area contributed by atoms with Crippen LogP contribution >= 0.6 is 0 Å². The van der Waals surface area contributed by atoms with Crippen LogP contribution in [-0.4, -0.2) is 39.5 Å². The Balaban J connectivity index is 3.13. The van der Waals surface area contributed by atoms with Gasteiger partial charge in [-0.3, -0.25) is 14.4 Å². The van der Waals surface area contributed by atoms with Gasteiger partial charge in [0.1, 0.15) is 5.56 Å². The first-order valence-electron chi connectivity index (χ1n) is 6.47. The van der Waals surface area contributed by atoms with Crippen LogP contribution in [0, 0.1) is 13.8 Å². The van der Waals surface area contributed by atoms with Crippen molar-refractivity contribution in [3.05, 3.63) is 33.2 Å². The van der Waals surface area contributed by atoms with E-state index in [4.69, 9.17) is 5.11 Å². The van der Waals surface area contributed by atoms with Crippen molar-refractivity contribution >= 4 is 11.9 Å². The normalized spacial score (nSPS) is 10.7. The summed E-state index contributed by atoms with van der Waals surface area (Å²) in [6.07, 6.45) is -0.146. The van der Waals surface area contributed by atoms with Crippen LogP contribution in [0.15, 0.2) is 10.9 Å². The second kappa shape index (κ2) is 6.36. The molecule has 0 aliphatic heterocycles. The van der Waals surface area contributed by atoms with Gasteiger partial charge in [0, 0.05) is 18.3 Å². The van der Waals surface area contributed by atoms with Crippen molar-refractivity contribution in [2.24, 2.45) is 0 Å². The highest BCUT2D eigenvalue weighted by Gasteiger charge is 2.23. The van der Waals surface area contributed by atoms with E-state index in [1.165, 1.54) is 4.90 Å². The SMILES string of the molecule is Cc1cc(C)c(C(=O)N(CCC(=O)O)C(C)C)c(=O)[nH]1. The van der Waals surface area contributed by atoms with Crippen molar-refractivity contribution in [3.63, 3.8) is 0 Å². The molecule has 0 aromatic carbocycles. The Morgan fingerprint density at radius 3 is 2.40 bits per heavy atom. The van der Waals surface area contributed by atoms with Crippen LogP contribution in [0.2, 0.25) is 0 Å². The zero-order valence-corrected chi connectivity index (χ0v) is 12.2. The first-order chi connectivity index (χ1) is 9.23. The molecule has 2 N–H and O–H groups in total. The number of aryl methyl sites for hydroxylation is 2. The fraction of sp³-hybridized carbons (Fsp3) is 0.500. The average Bonchev–Trinajstić information content (AvgIpc) is 2.26. The molecule has 1 aromatic heterocycles. The standard InChI is InChI=1S/C14H20N2O4/c1-8(2)16(6-5-11(17)18)14(20)12-9(3)7-10(4)15-13(12)19/h7-8H,5-6H2,1-4H3,(H,15,19)(H,17,18).